The van der Waals surface area contributed by atoms with Crippen molar-refractivity contribution in [3.05, 3.63) is 39.9 Å². The molecule has 0 aliphatic carbocycles. The predicted octanol–water partition coefficient (Wildman–Crippen LogP) is 1.00. The highest BCUT2D eigenvalue weighted by molar-refractivity contribution is 6.02. The van der Waals surface area contributed by atoms with Crippen LogP contribution in [0.1, 0.15) is 10.4 Å². The molecule has 0 heterocycles. The smallest absolute Gasteiger partial charge is 0.411 e. The van der Waals surface area contributed by atoms with Crippen LogP contribution in [0.25, 0.3) is 0 Å². The zero-order chi connectivity index (χ0) is 11.4. The Morgan fingerprint density at radius 3 is 2.60 bits per heavy atom. The van der Waals surface area contributed by atoms with Crippen molar-refractivity contribution in [3.8, 4) is 0 Å². The molecule has 1 aromatic rings. The maximum Gasteiger partial charge on any atom is 0.411 e. The van der Waals surface area contributed by atoms with Gasteiger partial charge in [-0.1, -0.05) is 6.07 Å². The fourth-order valence-electron chi connectivity index (χ4n) is 0.930. The van der Waals surface area contributed by atoms with Crippen molar-refractivity contribution in [2.45, 2.75) is 0 Å². The number of hydrogen-bond acceptors (Lipinski definition) is 4. The average molecular weight is 210 g/mol. The number of carbonyl (C=O) groups excluding carboxylic acids is 1. The van der Waals surface area contributed by atoms with Gasteiger partial charge in [0.05, 0.1) is 4.92 Å². The average Bonchev–Trinajstić information content (AvgIpc) is 2.17. The van der Waals surface area contributed by atoms with Gasteiger partial charge in [-0.2, -0.15) is 0 Å². The van der Waals surface area contributed by atoms with E-state index in [9.17, 15) is 19.7 Å². The summed E-state index contributed by atoms with van der Waals surface area (Å²) >= 11 is 0. The lowest BCUT2D eigenvalue weighted by atomic mass is 10.2. The summed E-state index contributed by atoms with van der Waals surface area (Å²) < 4.78 is 0. The maximum absolute atomic E-state index is 11.1. The van der Waals surface area contributed by atoms with Crippen molar-refractivity contribution in [1.82, 2.24) is 5.32 Å². The fourth-order valence-corrected chi connectivity index (χ4v) is 0.930. The molecule has 0 fully saturated rings. The Labute approximate surface area is 83.5 Å². The van der Waals surface area contributed by atoms with Crippen LogP contribution in [0, 0.1) is 10.1 Å². The molecule has 0 saturated heterocycles. The predicted molar refractivity (Wildman–Crippen MR) is 48.6 cm³/mol. The molecule has 0 aliphatic heterocycles. The van der Waals surface area contributed by atoms with E-state index in [1.54, 1.807) is 5.32 Å². The molecule has 7 nitrogen and oxygen atoms in total. The Hall–Kier alpha value is -2.44. The highest BCUT2D eigenvalue weighted by Gasteiger charge is 2.12. The summed E-state index contributed by atoms with van der Waals surface area (Å²) in [5.74, 6) is -0.897. The van der Waals surface area contributed by atoms with E-state index in [0.717, 1.165) is 6.07 Å². The fraction of sp³-hybridized carbons (Fsp3) is 0. The molecule has 0 aliphatic rings. The van der Waals surface area contributed by atoms with E-state index in [-0.39, 0.29) is 11.3 Å². The molecule has 0 aromatic heterocycles. The Morgan fingerprint density at radius 1 is 1.40 bits per heavy atom. The lowest BCUT2D eigenvalue weighted by Gasteiger charge is -1.99. The van der Waals surface area contributed by atoms with E-state index in [2.05, 4.69) is 0 Å². The summed E-state index contributed by atoms with van der Waals surface area (Å²) in [6, 6.07) is 4.79. The molecule has 0 atom stereocenters. The summed E-state index contributed by atoms with van der Waals surface area (Å²) in [5.41, 5.74) is -0.348. The molecule has 7 heteroatoms. The Morgan fingerprint density at radius 2 is 2.07 bits per heavy atom. The Bertz CT molecular complexity index is 429. The molecule has 1 rings (SSSR count). The first-order valence-electron chi connectivity index (χ1n) is 3.79. The van der Waals surface area contributed by atoms with Crippen LogP contribution < -0.4 is 5.32 Å². The van der Waals surface area contributed by atoms with E-state index >= 15 is 0 Å². The number of nitrogens with zero attached hydrogens (tertiary/aromatic N) is 1. The summed E-state index contributed by atoms with van der Waals surface area (Å²) in [6.07, 6.45) is -1.51. The first-order chi connectivity index (χ1) is 7.00. The molecule has 0 unspecified atom stereocenters. The lowest BCUT2D eigenvalue weighted by molar-refractivity contribution is -0.384. The molecule has 2 amide bonds. The van der Waals surface area contributed by atoms with Gasteiger partial charge in [0.1, 0.15) is 0 Å². The number of nitro groups is 1. The quantitative estimate of drug-likeness (QED) is 0.558. The second-order valence-corrected chi connectivity index (χ2v) is 2.57. The van der Waals surface area contributed by atoms with E-state index in [1.165, 1.54) is 18.2 Å². The van der Waals surface area contributed by atoms with Crippen LogP contribution in [-0.4, -0.2) is 22.0 Å². The number of carboxylic acid groups (broad SMARTS) is 1. The second kappa shape index (κ2) is 4.18. The molecular formula is C8H6N2O5. The van der Waals surface area contributed by atoms with Gasteiger partial charge >= 0.3 is 6.09 Å². The van der Waals surface area contributed by atoms with Crippen molar-refractivity contribution in [3.63, 3.8) is 0 Å². The molecular weight excluding hydrogens is 204 g/mol. The third-order valence-corrected chi connectivity index (χ3v) is 1.54. The molecule has 78 valence electrons. The zero-order valence-corrected chi connectivity index (χ0v) is 7.34. The highest BCUT2D eigenvalue weighted by Crippen LogP contribution is 2.12. The minimum absolute atomic E-state index is 0.0772. The number of rotatable bonds is 2. The van der Waals surface area contributed by atoms with Gasteiger partial charge in [-0.25, -0.2) is 4.79 Å². The molecule has 0 bridgehead atoms. The number of hydrogen-bond donors (Lipinski definition) is 2. The Balaban J connectivity index is 2.95. The number of non-ortho nitro benzene ring substituents is 1. The second-order valence-electron chi connectivity index (χ2n) is 2.57. The van der Waals surface area contributed by atoms with Crippen LogP contribution in [0.3, 0.4) is 0 Å². The maximum atomic E-state index is 11.1. The minimum Gasteiger partial charge on any atom is -0.465 e. The van der Waals surface area contributed by atoms with E-state index in [4.69, 9.17) is 5.11 Å². The van der Waals surface area contributed by atoms with Gasteiger partial charge in [-0.3, -0.25) is 20.2 Å². The van der Waals surface area contributed by atoms with Crippen LogP contribution in [-0.2, 0) is 0 Å². The number of benzene rings is 1. The van der Waals surface area contributed by atoms with Gasteiger partial charge in [-0.05, 0) is 6.07 Å². The number of nitrogens with one attached hydrogen (secondary N) is 1. The molecule has 2 N–H and O–H groups in total. The van der Waals surface area contributed by atoms with E-state index in [0.29, 0.717) is 0 Å². The summed E-state index contributed by atoms with van der Waals surface area (Å²) in [5, 5.41) is 20.2. The number of carbonyl (C=O) groups is 2. The van der Waals surface area contributed by atoms with Crippen LogP contribution in [0.2, 0.25) is 0 Å². The van der Waals surface area contributed by atoms with E-state index < -0.39 is 16.9 Å². The van der Waals surface area contributed by atoms with Crippen molar-refractivity contribution >= 4 is 17.7 Å². The summed E-state index contributed by atoms with van der Waals surface area (Å²) in [4.78, 5) is 30.9. The van der Waals surface area contributed by atoms with Crippen molar-refractivity contribution in [1.29, 1.82) is 0 Å². The number of nitro benzene ring substituents is 1. The van der Waals surface area contributed by atoms with Gasteiger partial charge in [-0.15, -0.1) is 0 Å². The summed E-state index contributed by atoms with van der Waals surface area (Å²) in [7, 11) is 0. The summed E-state index contributed by atoms with van der Waals surface area (Å²) in [6.45, 7) is 0. The Kier molecular flexibility index (Phi) is 2.97. The third kappa shape index (κ3) is 2.76. The van der Waals surface area contributed by atoms with Crippen LogP contribution in [0.4, 0.5) is 10.5 Å². The van der Waals surface area contributed by atoms with Crippen LogP contribution in [0.15, 0.2) is 24.3 Å². The largest absolute Gasteiger partial charge is 0.465 e. The van der Waals surface area contributed by atoms with Gasteiger partial charge in [0, 0.05) is 17.7 Å². The molecule has 0 spiro atoms. The highest BCUT2D eigenvalue weighted by atomic mass is 16.6. The van der Waals surface area contributed by atoms with E-state index in [1.807, 2.05) is 0 Å². The molecule has 15 heavy (non-hydrogen) atoms. The van der Waals surface area contributed by atoms with Crippen LogP contribution in [0.5, 0.6) is 0 Å². The third-order valence-electron chi connectivity index (χ3n) is 1.54. The topological polar surface area (TPSA) is 110 Å². The molecule has 1 aromatic carbocycles. The van der Waals surface area contributed by atoms with Crippen molar-refractivity contribution < 1.29 is 19.6 Å². The monoisotopic (exact) mass is 210 g/mol. The lowest BCUT2D eigenvalue weighted by Crippen LogP contribution is -2.28. The van der Waals surface area contributed by atoms with Crippen LogP contribution >= 0.6 is 0 Å². The van der Waals surface area contributed by atoms with Crippen molar-refractivity contribution in [2.75, 3.05) is 0 Å². The SMILES string of the molecule is O=C(O)NC(=O)c1cccc([N+](=O)[O-])c1. The van der Waals surface area contributed by atoms with Gasteiger partial charge in [0.15, 0.2) is 0 Å². The normalized spacial score (nSPS) is 9.33. The van der Waals surface area contributed by atoms with Gasteiger partial charge < -0.3 is 5.11 Å². The molecule has 0 radical (unpaired) electrons. The number of imide groups is 1. The zero-order valence-electron chi connectivity index (χ0n) is 7.34. The standard InChI is InChI=1S/C8H6N2O5/c11-7(9-8(12)13)5-2-1-3-6(4-5)10(14)15/h1-4H,(H,9,11)(H,12,13). The van der Waals surface area contributed by atoms with Gasteiger partial charge in [0.2, 0.25) is 0 Å². The molecule has 0 saturated carbocycles. The minimum atomic E-state index is -1.51. The first kappa shape index (κ1) is 10.6. The van der Waals surface area contributed by atoms with Crippen molar-refractivity contribution in [2.24, 2.45) is 0 Å². The number of amides is 2. The van der Waals surface area contributed by atoms with Gasteiger partial charge in [0.25, 0.3) is 11.6 Å². The first-order valence-corrected chi connectivity index (χ1v) is 3.79.